The van der Waals surface area contributed by atoms with Gasteiger partial charge < -0.3 is 4.90 Å². The Kier molecular flexibility index (Phi) is 6.22. The van der Waals surface area contributed by atoms with Gasteiger partial charge in [-0.25, -0.2) is 0 Å². The molecule has 2 saturated carbocycles. The van der Waals surface area contributed by atoms with Gasteiger partial charge in [0, 0.05) is 23.5 Å². The van der Waals surface area contributed by atoms with Gasteiger partial charge in [-0.15, -0.1) is 0 Å². The number of hydrogen-bond acceptors (Lipinski definition) is 3. The van der Waals surface area contributed by atoms with Gasteiger partial charge in [-0.1, -0.05) is 58.9 Å². The zero-order chi connectivity index (χ0) is 19.7. The summed E-state index contributed by atoms with van der Waals surface area (Å²) in [5, 5.41) is 0. The van der Waals surface area contributed by atoms with Crippen molar-refractivity contribution in [2.24, 2.45) is 16.7 Å². The third kappa shape index (κ3) is 3.78. The van der Waals surface area contributed by atoms with E-state index in [2.05, 4.69) is 69.9 Å². The lowest BCUT2D eigenvalue weighted by molar-refractivity contribution is -0.125. The Morgan fingerprint density at radius 3 is 2.37 bits per heavy atom. The van der Waals surface area contributed by atoms with Crippen LogP contribution in [0, 0.1) is 16.7 Å². The Labute approximate surface area is 169 Å². The summed E-state index contributed by atoms with van der Waals surface area (Å²) in [4.78, 5) is 15.4. The molecule has 2 atom stereocenters. The molecule has 0 radical (unpaired) electrons. The van der Waals surface area contributed by atoms with Crippen LogP contribution >= 0.6 is 11.8 Å². The molecule has 2 aliphatic rings. The molecule has 0 aromatic heterocycles. The van der Waals surface area contributed by atoms with Crippen LogP contribution in [0.3, 0.4) is 0 Å². The monoisotopic (exact) mass is 385 g/mol. The number of hydrogen-bond donors (Lipinski definition) is 0. The molecule has 27 heavy (non-hydrogen) atoms. The van der Waals surface area contributed by atoms with E-state index in [-0.39, 0.29) is 10.8 Å². The summed E-state index contributed by atoms with van der Waals surface area (Å²) >= 11 is 2.00. The van der Waals surface area contributed by atoms with Crippen LogP contribution in [-0.2, 0) is 10.5 Å². The molecule has 2 fully saturated rings. The molecule has 2 nitrogen and oxygen atoms in total. The molecule has 2 bridgehead atoms. The summed E-state index contributed by atoms with van der Waals surface area (Å²) in [7, 11) is 0. The molecule has 1 aromatic carbocycles. The predicted molar refractivity (Wildman–Crippen MR) is 118 cm³/mol. The second-order valence-electron chi connectivity index (χ2n) is 8.89. The van der Waals surface area contributed by atoms with Crippen LogP contribution in [0.15, 0.2) is 29.8 Å². The average molecular weight is 386 g/mol. The number of rotatable bonds is 8. The lowest BCUT2D eigenvalue weighted by Crippen LogP contribution is -2.32. The third-order valence-corrected chi connectivity index (χ3v) is 8.39. The number of carbonyl (C=O) groups is 1. The lowest BCUT2D eigenvalue weighted by atomic mass is 9.70. The van der Waals surface area contributed by atoms with Crippen molar-refractivity contribution in [3.63, 3.8) is 0 Å². The van der Waals surface area contributed by atoms with Crippen molar-refractivity contribution in [2.45, 2.75) is 53.2 Å². The molecule has 2 unspecified atom stereocenters. The Morgan fingerprint density at radius 2 is 1.81 bits per heavy atom. The number of Topliss-reactive ketones (excluding diaryl/α,β-unsaturated/α-hetero) is 1. The van der Waals surface area contributed by atoms with E-state index in [4.69, 9.17) is 0 Å². The van der Waals surface area contributed by atoms with E-state index in [0.717, 1.165) is 37.3 Å². The van der Waals surface area contributed by atoms with Gasteiger partial charge in [0.05, 0.1) is 0 Å². The van der Waals surface area contributed by atoms with Crippen LogP contribution in [0.25, 0.3) is 6.08 Å². The van der Waals surface area contributed by atoms with Gasteiger partial charge in [0.2, 0.25) is 0 Å². The van der Waals surface area contributed by atoms with Crippen LogP contribution in [0.5, 0.6) is 0 Å². The zero-order valence-electron chi connectivity index (χ0n) is 17.7. The molecule has 0 amide bonds. The predicted octanol–water partition coefficient (Wildman–Crippen LogP) is 5.67. The van der Waals surface area contributed by atoms with Crippen molar-refractivity contribution in [2.75, 3.05) is 25.4 Å². The quantitative estimate of drug-likeness (QED) is 0.425. The summed E-state index contributed by atoms with van der Waals surface area (Å²) in [6, 6.07) is 8.81. The summed E-state index contributed by atoms with van der Waals surface area (Å²) in [6.45, 7) is 14.6. The second-order valence-corrected chi connectivity index (χ2v) is 10.0. The molecular formula is C24H35NOS. The summed E-state index contributed by atoms with van der Waals surface area (Å²) in [5.41, 5.74) is 3.54. The van der Waals surface area contributed by atoms with Crippen LogP contribution in [0.4, 0.5) is 0 Å². The van der Waals surface area contributed by atoms with Crippen molar-refractivity contribution < 1.29 is 4.79 Å². The minimum atomic E-state index is -0.162. The summed E-state index contributed by atoms with van der Waals surface area (Å²) < 4.78 is 0. The molecule has 0 saturated heterocycles. The molecule has 0 N–H and O–H groups in total. The fourth-order valence-corrected chi connectivity index (χ4v) is 5.87. The Hall–Kier alpha value is -1.06. The van der Waals surface area contributed by atoms with Gasteiger partial charge in [-0.3, -0.25) is 4.79 Å². The fourth-order valence-electron chi connectivity index (χ4n) is 4.91. The first-order chi connectivity index (χ1) is 12.8. The zero-order valence-corrected chi connectivity index (χ0v) is 18.5. The SMILES string of the molecule is CCN(CC)CCSCc1ccc(/C=C2/C(=O)C3(C)CCC2C3(C)C)cc1. The molecule has 0 aliphatic heterocycles. The molecule has 3 heteroatoms. The van der Waals surface area contributed by atoms with E-state index in [1.807, 2.05) is 11.8 Å². The number of thioether (sulfide) groups is 1. The maximum atomic E-state index is 13.0. The fraction of sp³-hybridized carbons (Fsp3) is 0.625. The Balaban J connectivity index is 1.60. The highest BCUT2D eigenvalue weighted by atomic mass is 32.2. The highest BCUT2D eigenvalue weighted by Crippen LogP contribution is 2.65. The summed E-state index contributed by atoms with van der Waals surface area (Å²) in [5.74, 6) is 3.05. The van der Waals surface area contributed by atoms with Gasteiger partial charge in [-0.05, 0) is 60.0 Å². The van der Waals surface area contributed by atoms with Gasteiger partial charge in [0.25, 0.3) is 0 Å². The third-order valence-electron chi connectivity index (χ3n) is 7.38. The summed E-state index contributed by atoms with van der Waals surface area (Å²) in [6.07, 6.45) is 4.36. The van der Waals surface area contributed by atoms with Crippen LogP contribution < -0.4 is 0 Å². The van der Waals surface area contributed by atoms with Crippen LogP contribution in [0.2, 0.25) is 0 Å². The van der Waals surface area contributed by atoms with Crippen molar-refractivity contribution in [1.82, 2.24) is 4.90 Å². The maximum absolute atomic E-state index is 13.0. The molecule has 1 aromatic rings. The van der Waals surface area contributed by atoms with E-state index in [1.165, 1.54) is 23.4 Å². The molecule has 3 rings (SSSR count). The van der Waals surface area contributed by atoms with Gasteiger partial charge in [0.1, 0.15) is 0 Å². The van der Waals surface area contributed by atoms with Crippen LogP contribution in [-0.4, -0.2) is 36.1 Å². The van der Waals surface area contributed by atoms with E-state index in [0.29, 0.717) is 11.7 Å². The van der Waals surface area contributed by atoms with E-state index in [1.54, 1.807) is 0 Å². The molecule has 0 spiro atoms. The highest BCUT2D eigenvalue weighted by molar-refractivity contribution is 7.98. The second kappa shape index (κ2) is 8.13. The number of carbonyl (C=O) groups excluding carboxylic acids is 1. The number of allylic oxidation sites excluding steroid dienone is 1. The minimum absolute atomic E-state index is 0.0946. The maximum Gasteiger partial charge on any atom is 0.165 e. The smallest absolute Gasteiger partial charge is 0.165 e. The Bertz CT molecular complexity index is 702. The van der Waals surface area contributed by atoms with Crippen molar-refractivity contribution >= 4 is 23.6 Å². The number of benzene rings is 1. The standard InChI is InChI=1S/C24H35NOS/c1-6-25(7-2)14-15-27-17-19-10-8-18(9-11-19)16-20-21-12-13-24(5,22(20)26)23(21,3)4/h8-11,16,21H,6-7,12-15,17H2,1-5H3/b20-16+. The number of fused-ring (bicyclic) bond motifs is 2. The van der Waals surface area contributed by atoms with Crippen molar-refractivity contribution in [3.05, 3.63) is 41.0 Å². The average Bonchev–Trinajstić information content (AvgIpc) is 2.97. The topological polar surface area (TPSA) is 20.3 Å². The first-order valence-electron chi connectivity index (χ1n) is 10.5. The lowest BCUT2D eigenvalue weighted by Gasteiger charge is -2.31. The van der Waals surface area contributed by atoms with Crippen molar-refractivity contribution in [1.29, 1.82) is 0 Å². The van der Waals surface area contributed by atoms with Crippen molar-refractivity contribution in [3.8, 4) is 0 Å². The molecule has 2 aliphatic carbocycles. The van der Waals surface area contributed by atoms with Gasteiger partial charge in [0.15, 0.2) is 5.78 Å². The largest absolute Gasteiger partial charge is 0.303 e. The first kappa shape index (κ1) is 20.7. The normalized spacial score (nSPS) is 27.9. The van der Waals surface area contributed by atoms with Gasteiger partial charge >= 0.3 is 0 Å². The number of ketones is 1. The highest BCUT2D eigenvalue weighted by Gasteiger charge is 2.63. The molecule has 0 heterocycles. The number of nitrogens with zero attached hydrogens (tertiary/aromatic N) is 1. The van der Waals surface area contributed by atoms with E-state index < -0.39 is 0 Å². The minimum Gasteiger partial charge on any atom is -0.303 e. The van der Waals surface area contributed by atoms with Crippen LogP contribution in [0.1, 0.15) is 58.6 Å². The molecular weight excluding hydrogens is 350 g/mol. The first-order valence-corrected chi connectivity index (χ1v) is 11.6. The van der Waals surface area contributed by atoms with Gasteiger partial charge in [-0.2, -0.15) is 11.8 Å². The van der Waals surface area contributed by atoms with E-state index >= 15 is 0 Å². The van der Waals surface area contributed by atoms with E-state index in [9.17, 15) is 4.79 Å². The Morgan fingerprint density at radius 1 is 1.15 bits per heavy atom. The molecule has 148 valence electrons.